The Bertz CT molecular complexity index is 1270. The highest BCUT2D eigenvalue weighted by Crippen LogP contribution is 2.17. The lowest BCUT2D eigenvalue weighted by atomic mass is 10.1. The maximum atomic E-state index is 13.4. The van der Waals surface area contributed by atoms with Gasteiger partial charge in [-0.15, -0.1) is 0 Å². The van der Waals surface area contributed by atoms with E-state index in [1.54, 1.807) is 12.1 Å². The fourth-order valence-electron chi connectivity index (χ4n) is 3.43. The molecule has 3 aromatic carbocycles. The van der Waals surface area contributed by atoms with Crippen molar-refractivity contribution in [1.29, 1.82) is 0 Å². The minimum Gasteiger partial charge on any atom is -0.340 e. The summed E-state index contributed by atoms with van der Waals surface area (Å²) in [5.74, 6) is -0.290. The summed E-state index contributed by atoms with van der Waals surface area (Å²) in [6.07, 6.45) is 0. The van der Waals surface area contributed by atoms with E-state index < -0.39 is 0 Å². The Hall–Kier alpha value is -3.51. The summed E-state index contributed by atoms with van der Waals surface area (Å²) in [7, 11) is 0. The van der Waals surface area contributed by atoms with Gasteiger partial charge in [-0.2, -0.15) is 0 Å². The van der Waals surface area contributed by atoms with Crippen molar-refractivity contribution in [3.63, 3.8) is 0 Å². The number of rotatable bonds is 5. The molecule has 0 saturated carbocycles. The highest BCUT2D eigenvalue weighted by molar-refractivity contribution is 7.80. The van der Waals surface area contributed by atoms with Crippen LogP contribution in [0, 0.1) is 12.7 Å². The number of thiocarbonyl (C=S) groups is 1. The van der Waals surface area contributed by atoms with Crippen LogP contribution < -0.4 is 10.9 Å². The number of nitrogens with zero attached hydrogens (tertiary/aromatic N) is 1. The number of pyridine rings is 1. The number of hydrogen-bond acceptors (Lipinski definition) is 2. The molecule has 0 radical (unpaired) electrons. The minimum absolute atomic E-state index is 0.150. The van der Waals surface area contributed by atoms with Crippen molar-refractivity contribution in [3.8, 4) is 0 Å². The highest BCUT2D eigenvalue weighted by atomic mass is 32.1. The van der Waals surface area contributed by atoms with Gasteiger partial charge in [0.15, 0.2) is 5.11 Å². The zero-order valence-corrected chi connectivity index (χ0v) is 17.9. The molecule has 156 valence electrons. The van der Waals surface area contributed by atoms with E-state index in [1.807, 2.05) is 66.4 Å². The topological polar surface area (TPSA) is 48.1 Å². The number of aromatic amines is 1. The summed E-state index contributed by atoms with van der Waals surface area (Å²) in [6.45, 7) is 2.77. The fraction of sp³-hybridized carbons (Fsp3) is 0.120. The van der Waals surface area contributed by atoms with E-state index in [-0.39, 0.29) is 11.4 Å². The Morgan fingerprint density at radius 1 is 1.00 bits per heavy atom. The monoisotopic (exact) mass is 431 g/mol. The van der Waals surface area contributed by atoms with Crippen LogP contribution in [0.5, 0.6) is 0 Å². The van der Waals surface area contributed by atoms with Crippen LogP contribution in [0.4, 0.5) is 10.1 Å². The number of benzene rings is 3. The minimum atomic E-state index is -0.290. The van der Waals surface area contributed by atoms with Crippen LogP contribution in [0.15, 0.2) is 83.7 Å². The maximum Gasteiger partial charge on any atom is 0.253 e. The van der Waals surface area contributed by atoms with Gasteiger partial charge in [0.1, 0.15) is 5.82 Å². The summed E-state index contributed by atoms with van der Waals surface area (Å²) < 4.78 is 13.4. The van der Waals surface area contributed by atoms with Gasteiger partial charge in [0, 0.05) is 23.3 Å². The van der Waals surface area contributed by atoms with E-state index in [0.29, 0.717) is 23.8 Å². The van der Waals surface area contributed by atoms with Crippen molar-refractivity contribution >= 4 is 33.9 Å². The Morgan fingerprint density at radius 3 is 2.48 bits per heavy atom. The molecule has 0 saturated heterocycles. The lowest BCUT2D eigenvalue weighted by molar-refractivity contribution is 0.411. The van der Waals surface area contributed by atoms with Crippen molar-refractivity contribution in [2.24, 2.45) is 0 Å². The van der Waals surface area contributed by atoms with Crippen molar-refractivity contribution < 1.29 is 4.39 Å². The SMILES string of the molecule is Cc1ccc2[nH]c(=O)c(CN(Cc3ccc(F)cc3)C(=S)Nc3ccccc3)cc2c1. The summed E-state index contributed by atoms with van der Waals surface area (Å²) in [6, 6.07) is 23.7. The highest BCUT2D eigenvalue weighted by Gasteiger charge is 2.15. The van der Waals surface area contributed by atoms with Gasteiger partial charge < -0.3 is 15.2 Å². The number of para-hydroxylation sites is 1. The van der Waals surface area contributed by atoms with E-state index in [4.69, 9.17) is 12.2 Å². The van der Waals surface area contributed by atoms with E-state index in [9.17, 15) is 9.18 Å². The Balaban J connectivity index is 1.65. The van der Waals surface area contributed by atoms with Crippen molar-refractivity contribution in [1.82, 2.24) is 9.88 Å². The van der Waals surface area contributed by atoms with Gasteiger partial charge in [-0.3, -0.25) is 4.79 Å². The standard InChI is InChI=1S/C25H22FN3OS/c1-17-7-12-23-19(13-17)14-20(24(30)28-23)16-29(15-18-8-10-21(26)11-9-18)25(31)27-22-5-3-2-4-6-22/h2-14H,15-16H2,1H3,(H,27,31)(H,28,30). The molecule has 1 aromatic heterocycles. The molecule has 0 fully saturated rings. The van der Waals surface area contributed by atoms with Gasteiger partial charge in [0.25, 0.3) is 5.56 Å². The van der Waals surface area contributed by atoms with Gasteiger partial charge in [0.05, 0.1) is 6.54 Å². The quantitative estimate of drug-likeness (QED) is 0.417. The molecule has 0 aliphatic heterocycles. The number of halogens is 1. The predicted octanol–water partition coefficient (Wildman–Crippen LogP) is 5.37. The number of aryl methyl sites for hydroxylation is 1. The number of H-pyrrole nitrogens is 1. The Kier molecular flexibility index (Phi) is 6.09. The third-order valence-electron chi connectivity index (χ3n) is 5.04. The predicted molar refractivity (Wildman–Crippen MR) is 128 cm³/mol. The number of fused-ring (bicyclic) bond motifs is 1. The van der Waals surface area contributed by atoms with E-state index in [0.717, 1.165) is 27.7 Å². The molecule has 0 aliphatic carbocycles. The number of hydrogen-bond donors (Lipinski definition) is 2. The molecule has 0 aliphatic rings. The second-order valence-electron chi connectivity index (χ2n) is 7.49. The molecule has 0 unspecified atom stereocenters. The lowest BCUT2D eigenvalue weighted by Gasteiger charge is -2.26. The summed E-state index contributed by atoms with van der Waals surface area (Å²) in [5, 5.41) is 4.69. The first kappa shape index (κ1) is 20.8. The van der Waals surface area contributed by atoms with Gasteiger partial charge in [0.2, 0.25) is 0 Å². The van der Waals surface area contributed by atoms with Crippen LogP contribution in [0.3, 0.4) is 0 Å². The summed E-state index contributed by atoms with van der Waals surface area (Å²) >= 11 is 5.67. The molecule has 31 heavy (non-hydrogen) atoms. The van der Waals surface area contributed by atoms with Crippen molar-refractivity contribution in [3.05, 3.63) is 112 Å². The molecule has 0 amide bonds. The molecule has 0 bridgehead atoms. The molecule has 4 rings (SSSR count). The van der Waals surface area contributed by atoms with Gasteiger partial charge in [-0.25, -0.2) is 4.39 Å². The van der Waals surface area contributed by atoms with Crippen LogP contribution in [0.1, 0.15) is 16.7 Å². The molecule has 4 aromatic rings. The first-order valence-electron chi connectivity index (χ1n) is 9.96. The van der Waals surface area contributed by atoms with Crippen LogP contribution >= 0.6 is 12.2 Å². The first-order chi connectivity index (χ1) is 15.0. The third-order valence-corrected chi connectivity index (χ3v) is 5.40. The largest absolute Gasteiger partial charge is 0.340 e. The van der Waals surface area contributed by atoms with Crippen LogP contribution in [-0.4, -0.2) is 15.0 Å². The molecule has 4 nitrogen and oxygen atoms in total. The summed E-state index contributed by atoms with van der Waals surface area (Å²) in [4.78, 5) is 17.6. The van der Waals surface area contributed by atoms with Crippen LogP contribution in [0.2, 0.25) is 0 Å². The molecule has 2 N–H and O–H groups in total. The normalized spacial score (nSPS) is 10.8. The molecule has 0 spiro atoms. The molecule has 0 atom stereocenters. The van der Waals surface area contributed by atoms with Crippen molar-refractivity contribution in [2.75, 3.05) is 5.32 Å². The zero-order valence-electron chi connectivity index (χ0n) is 17.1. The lowest BCUT2D eigenvalue weighted by Crippen LogP contribution is -2.35. The van der Waals surface area contributed by atoms with E-state index >= 15 is 0 Å². The van der Waals surface area contributed by atoms with Crippen LogP contribution in [-0.2, 0) is 13.1 Å². The molecule has 1 heterocycles. The molecule has 6 heteroatoms. The number of nitrogens with one attached hydrogen (secondary N) is 2. The zero-order chi connectivity index (χ0) is 21.8. The average Bonchev–Trinajstić information content (AvgIpc) is 2.76. The average molecular weight is 432 g/mol. The fourth-order valence-corrected chi connectivity index (χ4v) is 3.67. The maximum absolute atomic E-state index is 13.4. The third kappa shape index (κ3) is 5.16. The number of anilines is 1. The number of aromatic nitrogens is 1. The second-order valence-corrected chi connectivity index (χ2v) is 7.88. The van der Waals surface area contributed by atoms with Crippen LogP contribution in [0.25, 0.3) is 10.9 Å². The van der Waals surface area contributed by atoms with E-state index in [2.05, 4.69) is 10.3 Å². The van der Waals surface area contributed by atoms with Gasteiger partial charge >= 0.3 is 0 Å². The molecular weight excluding hydrogens is 409 g/mol. The molecular formula is C25H22FN3OS. The smallest absolute Gasteiger partial charge is 0.253 e. The summed E-state index contributed by atoms with van der Waals surface area (Å²) in [5.41, 5.74) is 4.14. The Labute approximate surface area is 185 Å². The Morgan fingerprint density at radius 2 is 1.74 bits per heavy atom. The second kappa shape index (κ2) is 9.10. The van der Waals surface area contributed by atoms with Gasteiger partial charge in [-0.1, -0.05) is 42.0 Å². The van der Waals surface area contributed by atoms with E-state index in [1.165, 1.54) is 12.1 Å². The van der Waals surface area contributed by atoms with Crippen molar-refractivity contribution in [2.45, 2.75) is 20.0 Å². The first-order valence-corrected chi connectivity index (χ1v) is 10.4. The van der Waals surface area contributed by atoms with Gasteiger partial charge in [-0.05, 0) is 72.6 Å².